The van der Waals surface area contributed by atoms with Crippen LogP contribution in [-0.2, 0) is 17.6 Å². The van der Waals surface area contributed by atoms with Crippen LogP contribution >= 0.6 is 34.8 Å². The Hall–Kier alpha value is -1.22. The van der Waals surface area contributed by atoms with Crippen LogP contribution in [0.1, 0.15) is 11.1 Å². The fraction of sp³-hybridized carbons (Fsp3) is 0.188. The van der Waals surface area contributed by atoms with Gasteiger partial charge in [-0.25, -0.2) is 0 Å². The lowest BCUT2D eigenvalue weighted by Gasteiger charge is -2.14. The molecular weight excluding hydrogens is 331 g/mol. The summed E-state index contributed by atoms with van der Waals surface area (Å²) < 4.78 is 0. The maximum Gasteiger partial charge on any atom is 0.307 e. The second kappa shape index (κ2) is 7.17. The minimum absolute atomic E-state index is 0.331. The van der Waals surface area contributed by atoms with Gasteiger partial charge in [0, 0.05) is 5.02 Å². The molecule has 0 heterocycles. The van der Waals surface area contributed by atoms with Gasteiger partial charge < -0.3 is 5.11 Å². The molecule has 2 rings (SSSR count). The van der Waals surface area contributed by atoms with Crippen molar-refractivity contribution in [2.24, 2.45) is 5.92 Å². The molecule has 21 heavy (non-hydrogen) atoms. The van der Waals surface area contributed by atoms with Gasteiger partial charge in [-0.3, -0.25) is 4.79 Å². The van der Waals surface area contributed by atoms with Gasteiger partial charge in [0.1, 0.15) is 0 Å². The number of carboxylic acids is 1. The molecule has 1 unspecified atom stereocenters. The molecule has 0 fully saturated rings. The third-order valence-corrected chi connectivity index (χ3v) is 4.35. The molecule has 0 radical (unpaired) electrons. The Morgan fingerprint density at radius 1 is 1.00 bits per heavy atom. The highest BCUT2D eigenvalue weighted by Crippen LogP contribution is 2.28. The van der Waals surface area contributed by atoms with Gasteiger partial charge in [0.25, 0.3) is 0 Å². The standard InChI is InChI=1S/C16H13Cl3O2/c17-13-6-4-10(5-7-13)8-12(16(20)21)9-11-2-1-3-14(18)15(11)19/h1-7,12H,8-9H2,(H,20,21). The SMILES string of the molecule is O=C(O)C(Cc1ccc(Cl)cc1)Cc1cccc(Cl)c1Cl. The van der Waals surface area contributed by atoms with Gasteiger partial charge in [-0.1, -0.05) is 59.1 Å². The van der Waals surface area contributed by atoms with E-state index in [1.165, 1.54) is 0 Å². The lowest BCUT2D eigenvalue weighted by Crippen LogP contribution is -2.19. The van der Waals surface area contributed by atoms with Crippen molar-refractivity contribution < 1.29 is 9.90 Å². The predicted molar refractivity (Wildman–Crippen MR) is 86.4 cm³/mol. The molecule has 0 aliphatic rings. The van der Waals surface area contributed by atoms with Gasteiger partial charge in [0.2, 0.25) is 0 Å². The molecule has 1 atom stereocenters. The maximum absolute atomic E-state index is 11.5. The minimum atomic E-state index is -0.860. The molecule has 0 bridgehead atoms. The van der Waals surface area contributed by atoms with E-state index in [1.54, 1.807) is 30.3 Å². The van der Waals surface area contributed by atoms with Gasteiger partial charge in [0.15, 0.2) is 0 Å². The summed E-state index contributed by atoms with van der Waals surface area (Å²) in [5.74, 6) is -1.43. The third-order valence-electron chi connectivity index (χ3n) is 3.24. The maximum atomic E-state index is 11.5. The summed E-state index contributed by atoms with van der Waals surface area (Å²) in [5.41, 5.74) is 1.66. The largest absolute Gasteiger partial charge is 0.481 e. The molecule has 0 aliphatic heterocycles. The summed E-state index contributed by atoms with van der Waals surface area (Å²) in [7, 11) is 0. The van der Waals surface area contributed by atoms with Gasteiger partial charge in [-0.2, -0.15) is 0 Å². The number of carboxylic acid groups (broad SMARTS) is 1. The van der Waals surface area contributed by atoms with Crippen molar-refractivity contribution in [3.63, 3.8) is 0 Å². The summed E-state index contributed by atoms with van der Waals surface area (Å²) in [4.78, 5) is 11.5. The van der Waals surface area contributed by atoms with Crippen molar-refractivity contribution in [3.8, 4) is 0 Å². The Labute approximate surface area is 138 Å². The first-order chi connectivity index (χ1) is 9.97. The fourth-order valence-electron chi connectivity index (χ4n) is 2.12. The zero-order chi connectivity index (χ0) is 15.4. The van der Waals surface area contributed by atoms with E-state index < -0.39 is 11.9 Å². The van der Waals surface area contributed by atoms with Crippen molar-refractivity contribution in [3.05, 3.63) is 68.7 Å². The molecular formula is C16H13Cl3O2. The van der Waals surface area contributed by atoms with E-state index in [-0.39, 0.29) is 0 Å². The van der Waals surface area contributed by atoms with Crippen molar-refractivity contribution in [1.82, 2.24) is 0 Å². The average molecular weight is 344 g/mol. The van der Waals surface area contributed by atoms with E-state index in [4.69, 9.17) is 34.8 Å². The molecule has 2 nitrogen and oxygen atoms in total. The Kier molecular flexibility index (Phi) is 5.51. The van der Waals surface area contributed by atoms with Crippen LogP contribution in [0.4, 0.5) is 0 Å². The Morgan fingerprint density at radius 3 is 2.29 bits per heavy atom. The molecule has 0 aliphatic carbocycles. The zero-order valence-electron chi connectivity index (χ0n) is 11.0. The number of hydrogen-bond acceptors (Lipinski definition) is 1. The van der Waals surface area contributed by atoms with E-state index in [9.17, 15) is 9.90 Å². The van der Waals surface area contributed by atoms with Gasteiger partial charge >= 0.3 is 5.97 Å². The number of halogens is 3. The van der Waals surface area contributed by atoms with Gasteiger partial charge in [-0.15, -0.1) is 0 Å². The Morgan fingerprint density at radius 2 is 1.67 bits per heavy atom. The smallest absolute Gasteiger partial charge is 0.307 e. The second-order valence-electron chi connectivity index (χ2n) is 4.78. The fourth-order valence-corrected chi connectivity index (χ4v) is 2.65. The lowest BCUT2D eigenvalue weighted by molar-refractivity contribution is -0.141. The molecule has 1 N–H and O–H groups in total. The highest BCUT2D eigenvalue weighted by Gasteiger charge is 2.20. The number of aliphatic carboxylic acids is 1. The summed E-state index contributed by atoms with van der Waals surface area (Å²) in [6.45, 7) is 0. The van der Waals surface area contributed by atoms with E-state index in [0.29, 0.717) is 27.9 Å². The van der Waals surface area contributed by atoms with Crippen LogP contribution in [-0.4, -0.2) is 11.1 Å². The summed E-state index contributed by atoms with van der Waals surface area (Å²) in [5, 5.41) is 10.9. The monoisotopic (exact) mass is 342 g/mol. The number of rotatable bonds is 5. The molecule has 0 saturated carbocycles. The van der Waals surface area contributed by atoms with E-state index in [0.717, 1.165) is 11.1 Å². The van der Waals surface area contributed by atoms with Crippen molar-refractivity contribution in [2.45, 2.75) is 12.8 Å². The first-order valence-electron chi connectivity index (χ1n) is 6.37. The third kappa shape index (κ3) is 4.37. The zero-order valence-corrected chi connectivity index (χ0v) is 13.3. The molecule has 2 aromatic carbocycles. The van der Waals surface area contributed by atoms with Crippen LogP contribution in [0, 0.1) is 5.92 Å². The quantitative estimate of drug-likeness (QED) is 0.817. The van der Waals surface area contributed by atoms with E-state index in [2.05, 4.69) is 0 Å². The van der Waals surface area contributed by atoms with E-state index >= 15 is 0 Å². The molecule has 0 spiro atoms. The van der Waals surface area contributed by atoms with Crippen LogP contribution in [0.25, 0.3) is 0 Å². The Balaban J connectivity index is 2.18. The number of benzene rings is 2. The molecule has 0 aromatic heterocycles. The van der Waals surface area contributed by atoms with Crippen LogP contribution < -0.4 is 0 Å². The number of hydrogen-bond donors (Lipinski definition) is 1. The van der Waals surface area contributed by atoms with Crippen molar-refractivity contribution in [1.29, 1.82) is 0 Å². The highest BCUT2D eigenvalue weighted by molar-refractivity contribution is 6.42. The highest BCUT2D eigenvalue weighted by atomic mass is 35.5. The molecule has 0 saturated heterocycles. The average Bonchev–Trinajstić information content (AvgIpc) is 2.45. The predicted octanol–water partition coefficient (Wildman–Crippen LogP) is 5.13. The van der Waals surface area contributed by atoms with Crippen LogP contribution in [0.5, 0.6) is 0 Å². The van der Waals surface area contributed by atoms with Crippen LogP contribution in [0.2, 0.25) is 15.1 Å². The normalized spacial score (nSPS) is 12.1. The van der Waals surface area contributed by atoms with Crippen LogP contribution in [0.15, 0.2) is 42.5 Å². The van der Waals surface area contributed by atoms with E-state index in [1.807, 2.05) is 12.1 Å². The van der Waals surface area contributed by atoms with Crippen LogP contribution in [0.3, 0.4) is 0 Å². The molecule has 0 amide bonds. The summed E-state index contributed by atoms with van der Waals surface area (Å²) >= 11 is 17.9. The molecule has 2 aromatic rings. The molecule has 5 heteroatoms. The lowest BCUT2D eigenvalue weighted by atomic mass is 9.92. The topological polar surface area (TPSA) is 37.3 Å². The Bertz CT molecular complexity index is 638. The van der Waals surface area contributed by atoms with Crippen molar-refractivity contribution in [2.75, 3.05) is 0 Å². The second-order valence-corrected chi connectivity index (χ2v) is 6.00. The summed E-state index contributed by atoms with van der Waals surface area (Å²) in [6, 6.07) is 12.4. The minimum Gasteiger partial charge on any atom is -0.481 e. The summed E-state index contributed by atoms with van der Waals surface area (Å²) in [6.07, 6.45) is 0.743. The first kappa shape index (κ1) is 16.2. The van der Waals surface area contributed by atoms with Crippen molar-refractivity contribution >= 4 is 40.8 Å². The van der Waals surface area contributed by atoms with Gasteiger partial charge in [-0.05, 0) is 42.2 Å². The number of carbonyl (C=O) groups is 1. The van der Waals surface area contributed by atoms with Gasteiger partial charge in [0.05, 0.1) is 16.0 Å². The molecule has 110 valence electrons. The first-order valence-corrected chi connectivity index (χ1v) is 7.51.